The summed E-state index contributed by atoms with van der Waals surface area (Å²) < 4.78 is 27.1. The number of aryl methyl sites for hydroxylation is 2. The van der Waals surface area contributed by atoms with Crippen LogP contribution in [-0.4, -0.2) is 50.5 Å². The van der Waals surface area contributed by atoms with Gasteiger partial charge >= 0.3 is 0 Å². The molecular weight excluding hydrogens is 546 g/mol. The molecule has 0 aromatic heterocycles. The van der Waals surface area contributed by atoms with E-state index in [0.29, 0.717) is 17.3 Å². The third-order valence-electron chi connectivity index (χ3n) is 6.53. The monoisotopic (exact) mass is 583 g/mol. The van der Waals surface area contributed by atoms with Crippen LogP contribution >= 0.6 is 11.6 Å². The van der Waals surface area contributed by atoms with E-state index in [1.165, 1.54) is 4.90 Å². The van der Waals surface area contributed by atoms with E-state index in [4.69, 9.17) is 11.6 Å². The Bertz CT molecular complexity index is 1410. The van der Waals surface area contributed by atoms with Gasteiger partial charge in [0.2, 0.25) is 21.8 Å². The maximum absolute atomic E-state index is 14.1. The molecule has 3 aromatic carbocycles. The van der Waals surface area contributed by atoms with E-state index in [1.807, 2.05) is 63.2 Å². The van der Waals surface area contributed by atoms with Gasteiger partial charge in [-0.2, -0.15) is 0 Å². The Hall–Kier alpha value is -3.36. The highest BCUT2D eigenvalue weighted by atomic mass is 35.5. The van der Waals surface area contributed by atoms with E-state index < -0.39 is 28.5 Å². The summed E-state index contributed by atoms with van der Waals surface area (Å²) in [5, 5.41) is 3.53. The molecule has 40 heavy (non-hydrogen) atoms. The molecule has 0 aliphatic carbocycles. The minimum atomic E-state index is -3.82. The molecule has 1 atom stereocenters. The number of sulfonamides is 1. The van der Waals surface area contributed by atoms with Crippen molar-refractivity contribution < 1.29 is 18.0 Å². The van der Waals surface area contributed by atoms with Crippen molar-refractivity contribution in [3.8, 4) is 0 Å². The zero-order valence-electron chi connectivity index (χ0n) is 23.7. The van der Waals surface area contributed by atoms with Gasteiger partial charge in [0, 0.05) is 24.5 Å². The first-order valence-electron chi connectivity index (χ1n) is 13.3. The highest BCUT2D eigenvalue weighted by Crippen LogP contribution is 2.25. The van der Waals surface area contributed by atoms with Gasteiger partial charge in [0.05, 0.1) is 11.9 Å². The Morgan fingerprint density at radius 2 is 1.57 bits per heavy atom. The second-order valence-electron chi connectivity index (χ2n) is 10.6. The summed E-state index contributed by atoms with van der Waals surface area (Å²) in [6.07, 6.45) is 1.36. The SMILES string of the molecule is Cc1ccc(C)c(N(CC(=O)N(Cc2ccc(Cl)cc2)[C@H](Cc2ccccc2)C(=O)NCC(C)C)S(C)(=O)=O)c1. The number of benzene rings is 3. The Labute approximate surface area is 243 Å². The van der Waals surface area contributed by atoms with E-state index in [1.54, 1.807) is 37.3 Å². The van der Waals surface area contributed by atoms with E-state index in [0.717, 1.165) is 32.8 Å². The molecule has 0 radical (unpaired) electrons. The van der Waals surface area contributed by atoms with Crippen LogP contribution in [0, 0.1) is 19.8 Å². The first-order valence-corrected chi connectivity index (χ1v) is 15.5. The van der Waals surface area contributed by atoms with Crippen molar-refractivity contribution in [3.05, 3.63) is 100 Å². The van der Waals surface area contributed by atoms with Crippen molar-refractivity contribution >= 4 is 39.1 Å². The second-order valence-corrected chi connectivity index (χ2v) is 12.9. The van der Waals surface area contributed by atoms with Gasteiger partial charge in [0.15, 0.2) is 0 Å². The summed E-state index contributed by atoms with van der Waals surface area (Å²) in [6, 6.07) is 21.1. The van der Waals surface area contributed by atoms with Gasteiger partial charge in [0.25, 0.3) is 0 Å². The van der Waals surface area contributed by atoms with Crippen molar-refractivity contribution in [1.29, 1.82) is 0 Å². The van der Waals surface area contributed by atoms with Crippen LogP contribution in [0.2, 0.25) is 5.02 Å². The topological polar surface area (TPSA) is 86.8 Å². The Kier molecular flexibility index (Phi) is 10.8. The van der Waals surface area contributed by atoms with Crippen LogP contribution < -0.4 is 9.62 Å². The molecule has 0 fully saturated rings. The first-order chi connectivity index (χ1) is 18.8. The molecule has 2 amide bonds. The Morgan fingerprint density at radius 3 is 2.17 bits per heavy atom. The highest BCUT2D eigenvalue weighted by molar-refractivity contribution is 7.92. The molecule has 0 heterocycles. The quantitative estimate of drug-likeness (QED) is 0.320. The van der Waals surface area contributed by atoms with Crippen LogP contribution in [0.4, 0.5) is 5.69 Å². The lowest BCUT2D eigenvalue weighted by molar-refractivity contribution is -0.140. The second kappa shape index (κ2) is 13.8. The number of halogens is 1. The highest BCUT2D eigenvalue weighted by Gasteiger charge is 2.33. The molecule has 0 unspecified atom stereocenters. The van der Waals surface area contributed by atoms with Gasteiger partial charge in [0.1, 0.15) is 12.6 Å². The number of nitrogens with zero attached hydrogens (tertiary/aromatic N) is 2. The van der Waals surface area contributed by atoms with Crippen molar-refractivity contribution in [1.82, 2.24) is 10.2 Å². The Morgan fingerprint density at radius 1 is 0.925 bits per heavy atom. The molecule has 0 saturated carbocycles. The summed E-state index contributed by atoms with van der Waals surface area (Å²) in [5.74, 6) is -0.564. The molecule has 1 N–H and O–H groups in total. The fourth-order valence-corrected chi connectivity index (χ4v) is 5.37. The lowest BCUT2D eigenvalue weighted by atomic mass is 10.0. The number of hydrogen-bond acceptors (Lipinski definition) is 4. The summed E-state index contributed by atoms with van der Waals surface area (Å²) in [4.78, 5) is 29.2. The van der Waals surface area contributed by atoms with Gasteiger partial charge in [-0.05, 0) is 60.2 Å². The van der Waals surface area contributed by atoms with Crippen LogP contribution in [-0.2, 0) is 32.6 Å². The number of carbonyl (C=O) groups is 2. The standard InChI is InChI=1S/C31H38ClN3O4S/c1-22(2)19-33-31(37)29(18-25-9-7-6-8-10-25)34(20-26-13-15-27(32)16-14-26)30(36)21-35(40(5,38)39)28-17-23(3)11-12-24(28)4/h6-17,22,29H,18-21H2,1-5H3,(H,33,37)/t29-/m1/s1. The van der Waals surface area contributed by atoms with Gasteiger partial charge in [-0.25, -0.2) is 8.42 Å². The van der Waals surface area contributed by atoms with Crippen molar-refractivity contribution in [2.24, 2.45) is 5.92 Å². The van der Waals surface area contributed by atoms with E-state index in [2.05, 4.69) is 5.32 Å². The minimum Gasteiger partial charge on any atom is -0.354 e. The van der Waals surface area contributed by atoms with Crippen LogP contribution in [0.15, 0.2) is 72.8 Å². The third kappa shape index (κ3) is 8.83. The van der Waals surface area contributed by atoms with Crippen LogP contribution in [0.1, 0.15) is 36.1 Å². The van der Waals surface area contributed by atoms with E-state index in [-0.39, 0.29) is 24.8 Å². The van der Waals surface area contributed by atoms with E-state index >= 15 is 0 Å². The predicted octanol–water partition coefficient (Wildman–Crippen LogP) is 5.14. The number of rotatable bonds is 12. The lowest BCUT2D eigenvalue weighted by Crippen LogP contribution is -2.53. The Balaban J connectivity index is 2.06. The normalized spacial score (nSPS) is 12.2. The molecule has 3 aromatic rings. The van der Waals surface area contributed by atoms with Crippen LogP contribution in [0.5, 0.6) is 0 Å². The molecule has 0 aliphatic rings. The zero-order valence-corrected chi connectivity index (χ0v) is 25.3. The predicted molar refractivity (Wildman–Crippen MR) is 162 cm³/mol. The molecule has 0 aliphatic heterocycles. The van der Waals surface area contributed by atoms with Gasteiger partial charge in [-0.15, -0.1) is 0 Å². The molecule has 214 valence electrons. The minimum absolute atomic E-state index is 0.104. The molecular formula is C31H38ClN3O4S. The maximum Gasteiger partial charge on any atom is 0.244 e. The van der Waals surface area contributed by atoms with Gasteiger partial charge < -0.3 is 10.2 Å². The molecule has 0 saturated heterocycles. The number of carbonyl (C=O) groups excluding carboxylic acids is 2. The van der Waals surface area contributed by atoms with Crippen LogP contribution in [0.25, 0.3) is 0 Å². The average Bonchev–Trinajstić information content (AvgIpc) is 2.90. The van der Waals surface area contributed by atoms with Crippen molar-refractivity contribution in [2.45, 2.75) is 46.7 Å². The van der Waals surface area contributed by atoms with Crippen LogP contribution in [0.3, 0.4) is 0 Å². The molecule has 0 spiro atoms. The zero-order chi connectivity index (χ0) is 29.4. The summed E-state index contributed by atoms with van der Waals surface area (Å²) in [5.41, 5.74) is 3.69. The average molecular weight is 584 g/mol. The lowest BCUT2D eigenvalue weighted by Gasteiger charge is -2.34. The van der Waals surface area contributed by atoms with Gasteiger partial charge in [-0.3, -0.25) is 13.9 Å². The largest absolute Gasteiger partial charge is 0.354 e. The third-order valence-corrected chi connectivity index (χ3v) is 7.91. The number of hydrogen-bond donors (Lipinski definition) is 1. The molecule has 7 nitrogen and oxygen atoms in total. The molecule has 0 bridgehead atoms. The summed E-state index contributed by atoms with van der Waals surface area (Å²) in [6.45, 7) is 7.78. The van der Waals surface area contributed by atoms with Crippen molar-refractivity contribution in [2.75, 3.05) is 23.7 Å². The first kappa shape index (κ1) is 31.2. The van der Waals surface area contributed by atoms with Gasteiger partial charge in [-0.1, -0.05) is 80.0 Å². The fraction of sp³-hybridized carbons (Fsp3) is 0.355. The van der Waals surface area contributed by atoms with Crippen molar-refractivity contribution in [3.63, 3.8) is 0 Å². The number of amides is 2. The summed E-state index contributed by atoms with van der Waals surface area (Å²) in [7, 11) is -3.82. The fourth-order valence-electron chi connectivity index (χ4n) is 4.35. The maximum atomic E-state index is 14.1. The summed E-state index contributed by atoms with van der Waals surface area (Å²) >= 11 is 6.10. The molecule has 3 rings (SSSR count). The smallest absolute Gasteiger partial charge is 0.244 e. The van der Waals surface area contributed by atoms with E-state index in [9.17, 15) is 18.0 Å². The number of anilines is 1. The number of nitrogens with one attached hydrogen (secondary N) is 1. The molecule has 9 heteroatoms.